The average Bonchev–Trinajstić information content (AvgIpc) is 3.27. The molecule has 0 aliphatic heterocycles. The number of rotatable bonds is 4. The molecule has 2 heterocycles. The summed E-state index contributed by atoms with van der Waals surface area (Å²) in [6.07, 6.45) is 0. The van der Waals surface area contributed by atoms with E-state index < -0.39 is 18.7 Å². The number of esters is 1. The van der Waals surface area contributed by atoms with Crippen molar-refractivity contribution in [1.29, 1.82) is 0 Å². The quantitative estimate of drug-likeness (QED) is 0.308. The van der Waals surface area contributed by atoms with Gasteiger partial charge in [0.05, 0.1) is 7.11 Å². The summed E-state index contributed by atoms with van der Waals surface area (Å²) in [6, 6.07) is 13.2. The molecule has 4 rings (SSSR count). The van der Waals surface area contributed by atoms with Crippen molar-refractivity contribution in [1.82, 2.24) is 9.97 Å². The largest absolute Gasteiger partial charge is 0.497 e. The van der Waals surface area contributed by atoms with Crippen LogP contribution in [0.25, 0.3) is 33.1 Å². The van der Waals surface area contributed by atoms with Crippen LogP contribution in [0.1, 0.15) is 31.3 Å². The smallest absolute Gasteiger partial charge is 0.491 e. The van der Waals surface area contributed by atoms with Crippen LogP contribution in [-0.2, 0) is 4.74 Å². The molecular formula is C22H23BN2O5. The fourth-order valence-electron chi connectivity index (χ4n) is 3.62. The zero-order valence-corrected chi connectivity index (χ0v) is 17.2. The van der Waals surface area contributed by atoms with E-state index in [1.165, 1.54) is 0 Å². The van der Waals surface area contributed by atoms with Crippen molar-refractivity contribution in [3.63, 3.8) is 0 Å². The van der Waals surface area contributed by atoms with Gasteiger partial charge in [-0.3, -0.25) is 0 Å². The minimum Gasteiger partial charge on any atom is -0.497 e. The first kappa shape index (κ1) is 20.1. The first-order chi connectivity index (χ1) is 14.2. The number of hydrogen-bond donors (Lipinski definition) is 4. The van der Waals surface area contributed by atoms with Gasteiger partial charge in [0.25, 0.3) is 0 Å². The van der Waals surface area contributed by atoms with E-state index >= 15 is 0 Å². The number of carbonyl (C=O) groups is 1. The van der Waals surface area contributed by atoms with Gasteiger partial charge in [-0.2, -0.15) is 0 Å². The van der Waals surface area contributed by atoms with E-state index in [4.69, 9.17) is 9.47 Å². The van der Waals surface area contributed by atoms with Crippen molar-refractivity contribution in [2.45, 2.75) is 26.4 Å². The SMILES string of the molecule is COc1ccc2cc(-c3cccc4[nH]c(C(=O)OC(C)(C)C)c(B(O)O)c34)[nH]c2c1. The van der Waals surface area contributed by atoms with E-state index in [2.05, 4.69) is 9.97 Å². The molecule has 4 aromatic rings. The number of benzene rings is 2. The number of aromatic amines is 2. The molecule has 0 fully saturated rings. The number of carbonyl (C=O) groups excluding carboxylic acids is 1. The Morgan fingerprint density at radius 2 is 1.80 bits per heavy atom. The topological polar surface area (TPSA) is 108 Å². The number of ether oxygens (including phenoxy) is 2. The molecule has 30 heavy (non-hydrogen) atoms. The van der Waals surface area contributed by atoms with Crippen molar-refractivity contribution in [3.05, 3.63) is 48.2 Å². The highest BCUT2D eigenvalue weighted by molar-refractivity contribution is 6.64. The highest BCUT2D eigenvalue weighted by Crippen LogP contribution is 2.32. The highest BCUT2D eigenvalue weighted by atomic mass is 16.6. The van der Waals surface area contributed by atoms with Crippen LogP contribution in [0.4, 0.5) is 0 Å². The summed E-state index contributed by atoms with van der Waals surface area (Å²) in [5.74, 6) is 0.0866. The maximum Gasteiger partial charge on any atom is 0.491 e. The van der Waals surface area contributed by atoms with E-state index in [-0.39, 0.29) is 11.2 Å². The Morgan fingerprint density at radius 1 is 1.03 bits per heavy atom. The Hall–Kier alpha value is -3.23. The maximum absolute atomic E-state index is 12.7. The summed E-state index contributed by atoms with van der Waals surface area (Å²) in [4.78, 5) is 19.1. The van der Waals surface area contributed by atoms with Gasteiger partial charge < -0.3 is 29.5 Å². The molecular weight excluding hydrogens is 383 g/mol. The van der Waals surface area contributed by atoms with Gasteiger partial charge in [-0.15, -0.1) is 0 Å². The normalized spacial score (nSPS) is 11.8. The Morgan fingerprint density at radius 3 is 2.47 bits per heavy atom. The molecule has 2 aromatic carbocycles. The molecule has 0 aliphatic rings. The molecule has 0 atom stereocenters. The van der Waals surface area contributed by atoms with Crippen LogP contribution in [-0.4, -0.2) is 45.8 Å². The van der Waals surface area contributed by atoms with Gasteiger partial charge in [0.1, 0.15) is 17.0 Å². The van der Waals surface area contributed by atoms with Gasteiger partial charge in [-0.25, -0.2) is 4.79 Å². The number of methoxy groups -OCH3 is 1. The summed E-state index contributed by atoms with van der Waals surface area (Å²) in [5, 5.41) is 21.8. The van der Waals surface area contributed by atoms with Crippen molar-refractivity contribution >= 4 is 40.4 Å². The van der Waals surface area contributed by atoms with E-state index in [1.807, 2.05) is 36.4 Å². The van der Waals surface area contributed by atoms with Crippen LogP contribution in [0.2, 0.25) is 0 Å². The van der Waals surface area contributed by atoms with Crippen molar-refractivity contribution < 1.29 is 24.3 Å². The lowest BCUT2D eigenvalue weighted by molar-refractivity contribution is 0.00649. The summed E-state index contributed by atoms with van der Waals surface area (Å²) in [6.45, 7) is 5.27. The summed E-state index contributed by atoms with van der Waals surface area (Å²) >= 11 is 0. The van der Waals surface area contributed by atoms with E-state index in [9.17, 15) is 14.8 Å². The van der Waals surface area contributed by atoms with Crippen LogP contribution >= 0.6 is 0 Å². The van der Waals surface area contributed by atoms with Gasteiger partial charge >= 0.3 is 13.1 Å². The monoisotopic (exact) mass is 406 g/mol. The zero-order chi connectivity index (χ0) is 21.6. The molecule has 4 N–H and O–H groups in total. The molecule has 0 spiro atoms. The Balaban J connectivity index is 1.92. The van der Waals surface area contributed by atoms with Crippen molar-refractivity contribution in [2.24, 2.45) is 0 Å². The molecule has 0 aliphatic carbocycles. The molecule has 0 unspecified atom stereocenters. The lowest BCUT2D eigenvalue weighted by Gasteiger charge is -2.19. The molecule has 154 valence electrons. The molecule has 8 heteroatoms. The van der Waals surface area contributed by atoms with Crippen LogP contribution in [0, 0.1) is 0 Å². The van der Waals surface area contributed by atoms with Gasteiger partial charge in [0.15, 0.2) is 0 Å². The second-order valence-corrected chi connectivity index (χ2v) is 8.15. The van der Waals surface area contributed by atoms with E-state index in [0.29, 0.717) is 10.9 Å². The number of fused-ring (bicyclic) bond motifs is 2. The maximum atomic E-state index is 12.7. The number of aromatic nitrogens is 2. The molecule has 0 saturated heterocycles. The minimum absolute atomic E-state index is 0.0279. The summed E-state index contributed by atoms with van der Waals surface area (Å²) in [5.41, 5.74) is 2.40. The van der Waals surface area contributed by atoms with Gasteiger partial charge in [-0.1, -0.05) is 12.1 Å². The third-order valence-corrected chi connectivity index (χ3v) is 4.84. The fourth-order valence-corrected chi connectivity index (χ4v) is 3.62. The second kappa shape index (κ2) is 7.23. The Kier molecular flexibility index (Phi) is 4.84. The number of nitrogens with one attached hydrogen (secondary N) is 2. The fraction of sp³-hybridized carbons (Fsp3) is 0.227. The van der Waals surface area contributed by atoms with Crippen LogP contribution in [0.5, 0.6) is 5.75 Å². The van der Waals surface area contributed by atoms with Crippen molar-refractivity contribution in [2.75, 3.05) is 7.11 Å². The molecule has 2 aromatic heterocycles. The lowest BCUT2D eigenvalue weighted by Crippen LogP contribution is -2.36. The second-order valence-electron chi connectivity index (χ2n) is 8.15. The number of H-pyrrole nitrogens is 2. The number of hydrogen-bond acceptors (Lipinski definition) is 5. The average molecular weight is 406 g/mol. The third-order valence-electron chi connectivity index (χ3n) is 4.84. The molecule has 0 saturated carbocycles. The molecule has 0 radical (unpaired) electrons. The third kappa shape index (κ3) is 3.55. The zero-order valence-electron chi connectivity index (χ0n) is 17.2. The van der Waals surface area contributed by atoms with Crippen molar-refractivity contribution in [3.8, 4) is 17.0 Å². The first-order valence-corrected chi connectivity index (χ1v) is 9.59. The summed E-state index contributed by atoms with van der Waals surface area (Å²) < 4.78 is 10.7. The summed E-state index contributed by atoms with van der Waals surface area (Å²) in [7, 11) is -0.245. The lowest BCUT2D eigenvalue weighted by atomic mass is 9.76. The standard InChI is InChI=1S/C22H23BN2O5/c1-22(2,3)30-21(26)20-19(23(27)28)18-14(6-5-7-15(18)25-20)17-10-12-8-9-13(29-4)11-16(12)24-17/h5-11,24-25,27-28H,1-4H3. The highest BCUT2D eigenvalue weighted by Gasteiger charge is 2.30. The van der Waals surface area contributed by atoms with E-state index in [1.54, 1.807) is 33.9 Å². The Labute approximate surface area is 173 Å². The Bertz CT molecular complexity index is 1250. The molecule has 7 nitrogen and oxygen atoms in total. The van der Waals surface area contributed by atoms with Crippen LogP contribution in [0.3, 0.4) is 0 Å². The van der Waals surface area contributed by atoms with Gasteiger partial charge in [-0.05, 0) is 45.0 Å². The molecule has 0 bridgehead atoms. The predicted octanol–water partition coefficient (Wildman–Crippen LogP) is 2.96. The predicted molar refractivity (Wildman–Crippen MR) is 117 cm³/mol. The molecule has 0 amide bonds. The van der Waals surface area contributed by atoms with Gasteiger partial charge in [0.2, 0.25) is 0 Å². The van der Waals surface area contributed by atoms with Crippen LogP contribution < -0.4 is 10.2 Å². The first-order valence-electron chi connectivity index (χ1n) is 9.59. The van der Waals surface area contributed by atoms with Gasteiger partial charge in [0, 0.05) is 44.6 Å². The van der Waals surface area contributed by atoms with E-state index in [0.717, 1.165) is 27.9 Å². The van der Waals surface area contributed by atoms with Crippen LogP contribution in [0.15, 0.2) is 42.5 Å². The minimum atomic E-state index is -1.85.